The Morgan fingerprint density at radius 1 is 0.897 bits per heavy atom. The molecule has 0 spiro atoms. The van der Waals surface area contributed by atoms with Gasteiger partial charge in [-0.05, 0) is 35.9 Å². The van der Waals surface area contributed by atoms with Crippen molar-refractivity contribution >= 4 is 33.9 Å². The molecule has 0 fully saturated rings. The largest absolute Gasteiger partial charge is 0.426 e. The molecule has 0 radical (unpaired) electrons. The van der Waals surface area contributed by atoms with Crippen molar-refractivity contribution in [1.82, 2.24) is 0 Å². The van der Waals surface area contributed by atoms with Gasteiger partial charge in [0.05, 0.1) is 0 Å². The minimum atomic E-state index is -0.909. The van der Waals surface area contributed by atoms with E-state index in [-0.39, 0.29) is 11.7 Å². The monoisotopic (exact) mass is 398 g/mol. The van der Waals surface area contributed by atoms with Gasteiger partial charge in [0.2, 0.25) is 0 Å². The van der Waals surface area contributed by atoms with Crippen LogP contribution in [0.2, 0.25) is 0 Å². The highest BCUT2D eigenvalue weighted by Crippen LogP contribution is 2.48. The van der Waals surface area contributed by atoms with E-state index in [1.807, 2.05) is 73.7 Å². The molecule has 0 N–H and O–H groups in total. The van der Waals surface area contributed by atoms with Gasteiger partial charge in [-0.15, -0.1) is 11.3 Å². The van der Waals surface area contributed by atoms with Crippen molar-refractivity contribution in [3.63, 3.8) is 0 Å². The summed E-state index contributed by atoms with van der Waals surface area (Å²) >= 11 is 1.62. The third-order valence-electron chi connectivity index (χ3n) is 5.45. The molecule has 2 heterocycles. The van der Waals surface area contributed by atoms with Crippen LogP contribution in [0, 0.1) is 12.8 Å². The Balaban J connectivity index is 1.77. The molecular weight excluding hydrogens is 380 g/mol. The lowest BCUT2D eigenvalue weighted by molar-refractivity contribution is -0.138. The van der Waals surface area contributed by atoms with Gasteiger partial charge in [-0.3, -0.25) is 9.59 Å². The molecule has 1 aliphatic rings. The molecule has 0 aliphatic carbocycles. The summed E-state index contributed by atoms with van der Waals surface area (Å²) in [6, 6.07) is 24.9. The van der Waals surface area contributed by atoms with Gasteiger partial charge in [0, 0.05) is 26.8 Å². The number of fused-ring (bicyclic) bond motifs is 3. The molecule has 5 rings (SSSR count). The van der Waals surface area contributed by atoms with Gasteiger partial charge in [-0.2, -0.15) is 0 Å². The van der Waals surface area contributed by atoms with Crippen molar-refractivity contribution in [1.29, 1.82) is 0 Å². The van der Waals surface area contributed by atoms with Crippen LogP contribution >= 0.6 is 11.3 Å². The van der Waals surface area contributed by atoms with Crippen molar-refractivity contribution in [2.75, 3.05) is 0 Å². The standard InChI is InChI=1S/C25H18O3S/c1-15-11-14-20(29-15)22-21-18-10-6-5-7-16(18)12-13-19(21)28-25(27)23(22)24(26)17-8-3-2-4-9-17/h2-14,22-23H,1H3/t22-,23-/m1/s1. The molecule has 0 bridgehead atoms. The molecule has 1 aliphatic heterocycles. The van der Waals surface area contributed by atoms with Crippen molar-refractivity contribution in [2.24, 2.45) is 5.92 Å². The Hall–Kier alpha value is -3.24. The second-order valence-electron chi connectivity index (χ2n) is 7.25. The van der Waals surface area contributed by atoms with Crippen LogP contribution in [0.5, 0.6) is 5.75 Å². The van der Waals surface area contributed by atoms with E-state index in [2.05, 4.69) is 0 Å². The first kappa shape index (κ1) is 17.8. The molecule has 0 saturated heterocycles. The lowest BCUT2D eigenvalue weighted by atomic mass is 9.76. The molecule has 3 aromatic carbocycles. The maximum Gasteiger partial charge on any atom is 0.323 e. The lowest BCUT2D eigenvalue weighted by Crippen LogP contribution is -2.37. The van der Waals surface area contributed by atoms with E-state index in [0.29, 0.717) is 11.3 Å². The molecule has 2 atom stereocenters. The number of hydrogen-bond acceptors (Lipinski definition) is 4. The predicted octanol–water partition coefficient (Wildman–Crippen LogP) is 5.76. The number of rotatable bonds is 3. The highest BCUT2D eigenvalue weighted by molar-refractivity contribution is 7.12. The van der Waals surface area contributed by atoms with Gasteiger partial charge >= 0.3 is 5.97 Å². The maximum absolute atomic E-state index is 13.5. The summed E-state index contributed by atoms with van der Waals surface area (Å²) in [6.07, 6.45) is 0. The van der Waals surface area contributed by atoms with Crippen molar-refractivity contribution in [3.8, 4) is 5.75 Å². The smallest absolute Gasteiger partial charge is 0.323 e. The minimum Gasteiger partial charge on any atom is -0.426 e. The van der Waals surface area contributed by atoms with Crippen molar-refractivity contribution < 1.29 is 14.3 Å². The third-order valence-corrected chi connectivity index (χ3v) is 6.53. The summed E-state index contributed by atoms with van der Waals surface area (Å²) in [5.74, 6) is -1.43. The highest BCUT2D eigenvalue weighted by atomic mass is 32.1. The molecule has 142 valence electrons. The van der Waals surface area contributed by atoms with E-state index in [4.69, 9.17) is 4.74 Å². The predicted molar refractivity (Wildman–Crippen MR) is 115 cm³/mol. The Bertz CT molecular complexity index is 1240. The summed E-state index contributed by atoms with van der Waals surface area (Å²) < 4.78 is 5.70. The Kier molecular flexibility index (Phi) is 4.29. The second kappa shape index (κ2) is 6.98. The number of ether oxygens (including phenoxy) is 1. The number of esters is 1. The van der Waals surface area contributed by atoms with E-state index in [1.165, 1.54) is 0 Å². The Labute approximate surface area is 172 Å². The number of aryl methyl sites for hydroxylation is 1. The molecule has 3 nitrogen and oxygen atoms in total. The molecular formula is C25H18O3S. The van der Waals surface area contributed by atoms with Gasteiger partial charge < -0.3 is 4.74 Å². The Morgan fingerprint density at radius 3 is 2.41 bits per heavy atom. The van der Waals surface area contributed by atoms with Crippen LogP contribution in [0.3, 0.4) is 0 Å². The van der Waals surface area contributed by atoms with Crippen LogP contribution in [0.4, 0.5) is 0 Å². The third kappa shape index (κ3) is 2.97. The number of thiophene rings is 1. The summed E-state index contributed by atoms with van der Waals surface area (Å²) in [5.41, 5.74) is 1.44. The summed E-state index contributed by atoms with van der Waals surface area (Å²) in [7, 11) is 0. The normalized spacial score (nSPS) is 18.3. The first-order chi connectivity index (χ1) is 14.1. The molecule has 0 amide bonds. The lowest BCUT2D eigenvalue weighted by Gasteiger charge is -2.31. The number of benzene rings is 3. The summed E-state index contributed by atoms with van der Waals surface area (Å²) in [4.78, 5) is 28.7. The molecule has 0 unspecified atom stereocenters. The van der Waals surface area contributed by atoms with E-state index < -0.39 is 11.9 Å². The SMILES string of the molecule is Cc1ccc([C@@H]2c3c(ccc4ccccc34)OC(=O)[C@H]2C(=O)c2ccccc2)s1. The van der Waals surface area contributed by atoms with Crippen LogP contribution in [0.15, 0.2) is 78.9 Å². The molecule has 0 saturated carbocycles. The first-order valence-electron chi connectivity index (χ1n) is 9.52. The fourth-order valence-electron chi connectivity index (χ4n) is 4.13. The zero-order valence-corrected chi connectivity index (χ0v) is 16.6. The minimum absolute atomic E-state index is 0.203. The summed E-state index contributed by atoms with van der Waals surface area (Å²) in [6.45, 7) is 2.04. The first-order valence-corrected chi connectivity index (χ1v) is 10.3. The fraction of sp³-hybridized carbons (Fsp3) is 0.120. The average molecular weight is 398 g/mol. The Morgan fingerprint density at radius 2 is 1.66 bits per heavy atom. The average Bonchev–Trinajstić information content (AvgIpc) is 3.18. The quantitative estimate of drug-likeness (QED) is 0.191. The van der Waals surface area contributed by atoms with Crippen molar-refractivity contribution in [2.45, 2.75) is 12.8 Å². The van der Waals surface area contributed by atoms with Crippen LogP contribution < -0.4 is 4.74 Å². The number of hydrogen-bond donors (Lipinski definition) is 0. The molecule has 4 aromatic rings. The van der Waals surface area contributed by atoms with Crippen molar-refractivity contribution in [3.05, 3.63) is 99.7 Å². The van der Waals surface area contributed by atoms with Crippen LogP contribution in [0.1, 0.15) is 31.6 Å². The number of carbonyl (C=O) groups is 2. The highest BCUT2D eigenvalue weighted by Gasteiger charge is 2.45. The van der Waals surface area contributed by atoms with Gasteiger partial charge in [0.25, 0.3) is 0 Å². The second-order valence-corrected chi connectivity index (χ2v) is 8.57. The zero-order chi connectivity index (χ0) is 20.0. The van der Waals surface area contributed by atoms with E-state index in [1.54, 1.807) is 23.5 Å². The summed E-state index contributed by atoms with van der Waals surface area (Å²) in [5, 5.41) is 2.08. The van der Waals surface area contributed by atoms with E-state index in [9.17, 15) is 9.59 Å². The van der Waals surface area contributed by atoms with E-state index >= 15 is 0 Å². The van der Waals surface area contributed by atoms with Gasteiger partial charge in [0.1, 0.15) is 11.7 Å². The fourth-order valence-corrected chi connectivity index (χ4v) is 5.15. The van der Waals surface area contributed by atoms with E-state index in [0.717, 1.165) is 26.1 Å². The topological polar surface area (TPSA) is 43.4 Å². The van der Waals surface area contributed by atoms with Crippen LogP contribution in [0.25, 0.3) is 10.8 Å². The maximum atomic E-state index is 13.5. The van der Waals surface area contributed by atoms with Crippen LogP contribution in [-0.4, -0.2) is 11.8 Å². The van der Waals surface area contributed by atoms with Gasteiger partial charge in [-0.25, -0.2) is 0 Å². The number of Topliss-reactive ketones (excluding diaryl/α,β-unsaturated/α-hetero) is 1. The number of carbonyl (C=O) groups excluding carboxylic acids is 2. The zero-order valence-electron chi connectivity index (χ0n) is 15.8. The van der Waals surface area contributed by atoms with Gasteiger partial charge in [0.15, 0.2) is 5.78 Å². The molecule has 29 heavy (non-hydrogen) atoms. The van der Waals surface area contributed by atoms with Crippen LogP contribution in [-0.2, 0) is 4.79 Å². The molecule has 4 heteroatoms. The number of ketones is 1. The molecule has 1 aromatic heterocycles. The van der Waals surface area contributed by atoms with Gasteiger partial charge in [-0.1, -0.05) is 60.7 Å².